The summed E-state index contributed by atoms with van der Waals surface area (Å²) in [5.41, 5.74) is 0.339. The normalized spacial score (nSPS) is 20.4. The molecule has 1 saturated heterocycles. The van der Waals surface area contributed by atoms with Crippen LogP contribution in [0.2, 0.25) is 0 Å². The molecule has 1 aromatic rings. The number of piperidine rings is 1. The summed E-state index contributed by atoms with van der Waals surface area (Å²) in [4.78, 5) is 11.9. The Morgan fingerprint density at radius 2 is 2.19 bits per heavy atom. The highest BCUT2D eigenvalue weighted by atomic mass is 32.2. The van der Waals surface area contributed by atoms with E-state index >= 15 is 0 Å². The maximum Gasteiger partial charge on any atom is 0.310 e. The summed E-state index contributed by atoms with van der Waals surface area (Å²) < 4.78 is 36.6. The molecule has 118 valence electrons. The number of rotatable bonds is 4. The van der Waals surface area contributed by atoms with Gasteiger partial charge in [0.15, 0.2) is 5.76 Å². The Kier molecular flexibility index (Phi) is 4.67. The molecule has 0 amide bonds. The fourth-order valence-corrected chi connectivity index (χ4v) is 4.40. The van der Waals surface area contributed by atoms with Gasteiger partial charge in [0.2, 0.25) is 10.0 Å². The Bertz CT molecular complexity index is 603. The zero-order valence-corrected chi connectivity index (χ0v) is 13.3. The summed E-state index contributed by atoms with van der Waals surface area (Å²) in [5, 5.41) is 3.69. The van der Waals surface area contributed by atoms with Gasteiger partial charge in [-0.05, 0) is 33.6 Å². The van der Waals surface area contributed by atoms with E-state index in [2.05, 4.69) is 5.16 Å². The molecule has 0 aliphatic carbocycles. The van der Waals surface area contributed by atoms with Crippen molar-refractivity contribution in [1.29, 1.82) is 0 Å². The van der Waals surface area contributed by atoms with Gasteiger partial charge in [-0.3, -0.25) is 4.79 Å². The smallest absolute Gasteiger partial charge is 0.310 e. The number of hydrogen-bond acceptors (Lipinski definition) is 6. The highest BCUT2D eigenvalue weighted by Crippen LogP contribution is 2.28. The Balaban J connectivity index is 2.23. The Labute approximate surface area is 124 Å². The fraction of sp³-hybridized carbons (Fsp3) is 0.692. The van der Waals surface area contributed by atoms with E-state index in [1.54, 1.807) is 20.8 Å². The molecule has 1 aromatic heterocycles. The van der Waals surface area contributed by atoms with Gasteiger partial charge in [-0.15, -0.1) is 0 Å². The van der Waals surface area contributed by atoms with E-state index in [-0.39, 0.29) is 23.2 Å². The largest absolute Gasteiger partial charge is 0.466 e. The van der Waals surface area contributed by atoms with E-state index in [1.165, 1.54) is 4.31 Å². The summed E-state index contributed by atoms with van der Waals surface area (Å²) in [5.74, 6) is -0.476. The highest BCUT2D eigenvalue weighted by molar-refractivity contribution is 7.89. The summed E-state index contributed by atoms with van der Waals surface area (Å²) in [6, 6.07) is 0. The zero-order valence-electron chi connectivity index (χ0n) is 12.5. The van der Waals surface area contributed by atoms with Crippen molar-refractivity contribution in [2.45, 2.75) is 38.5 Å². The van der Waals surface area contributed by atoms with Crippen molar-refractivity contribution in [1.82, 2.24) is 9.46 Å². The maximum atomic E-state index is 12.7. The average Bonchev–Trinajstić information content (AvgIpc) is 2.79. The molecular formula is C13H20N2O5S. The van der Waals surface area contributed by atoms with Gasteiger partial charge in [0.25, 0.3) is 0 Å². The second kappa shape index (κ2) is 6.15. The monoisotopic (exact) mass is 316 g/mol. The van der Waals surface area contributed by atoms with Gasteiger partial charge in [0.05, 0.1) is 12.5 Å². The summed E-state index contributed by atoms with van der Waals surface area (Å²) >= 11 is 0. The lowest BCUT2D eigenvalue weighted by Crippen LogP contribution is -2.43. The number of nitrogens with zero attached hydrogens (tertiary/aromatic N) is 2. The minimum atomic E-state index is -3.69. The molecule has 1 atom stereocenters. The Hall–Kier alpha value is -1.41. The lowest BCUT2D eigenvalue weighted by Gasteiger charge is -2.30. The quantitative estimate of drug-likeness (QED) is 0.777. The lowest BCUT2D eigenvalue weighted by atomic mass is 10.0. The molecule has 0 aromatic carbocycles. The third-order valence-corrected chi connectivity index (χ3v) is 5.68. The number of sulfonamides is 1. The van der Waals surface area contributed by atoms with E-state index in [1.807, 2.05) is 0 Å². The van der Waals surface area contributed by atoms with Crippen LogP contribution in [0, 0.1) is 19.8 Å². The van der Waals surface area contributed by atoms with Crippen molar-refractivity contribution < 1.29 is 22.5 Å². The van der Waals surface area contributed by atoms with Crippen LogP contribution in [0.1, 0.15) is 31.2 Å². The number of ether oxygens (including phenoxy) is 1. The number of aryl methyl sites for hydroxylation is 2. The number of esters is 1. The van der Waals surface area contributed by atoms with E-state index in [4.69, 9.17) is 9.26 Å². The first-order valence-corrected chi connectivity index (χ1v) is 8.41. The number of hydrogen-bond donors (Lipinski definition) is 0. The molecule has 7 nitrogen and oxygen atoms in total. The SMILES string of the molecule is CCOC(=O)[C@@H]1CCCN(S(=O)(=O)c2c(C)noc2C)C1. The van der Waals surface area contributed by atoms with Crippen molar-refractivity contribution in [3.63, 3.8) is 0 Å². The predicted octanol–water partition coefficient (Wildman–Crippen LogP) is 1.26. The van der Waals surface area contributed by atoms with E-state index in [0.29, 0.717) is 31.7 Å². The van der Waals surface area contributed by atoms with Gasteiger partial charge in [0.1, 0.15) is 10.6 Å². The predicted molar refractivity (Wildman–Crippen MR) is 74.1 cm³/mol. The van der Waals surface area contributed by atoms with Crippen LogP contribution in [-0.2, 0) is 19.6 Å². The minimum absolute atomic E-state index is 0.104. The van der Waals surface area contributed by atoms with Crippen LogP contribution in [-0.4, -0.2) is 43.5 Å². The first kappa shape index (κ1) is 16.0. The van der Waals surface area contributed by atoms with Crippen molar-refractivity contribution in [2.75, 3.05) is 19.7 Å². The van der Waals surface area contributed by atoms with Crippen LogP contribution >= 0.6 is 0 Å². The Morgan fingerprint density at radius 3 is 2.76 bits per heavy atom. The molecule has 1 aliphatic rings. The molecule has 0 unspecified atom stereocenters. The van der Waals surface area contributed by atoms with Crippen LogP contribution in [0.15, 0.2) is 9.42 Å². The average molecular weight is 316 g/mol. The van der Waals surface area contributed by atoms with Gasteiger partial charge < -0.3 is 9.26 Å². The molecule has 2 rings (SSSR count). The summed E-state index contributed by atoms with van der Waals surface area (Å²) in [6.45, 7) is 5.73. The second-order valence-corrected chi connectivity index (χ2v) is 6.98. The molecule has 0 N–H and O–H groups in total. The van der Waals surface area contributed by atoms with Crippen molar-refractivity contribution in [3.05, 3.63) is 11.5 Å². The molecule has 21 heavy (non-hydrogen) atoms. The molecule has 8 heteroatoms. The zero-order chi connectivity index (χ0) is 15.6. The fourth-order valence-electron chi connectivity index (χ4n) is 2.59. The molecule has 2 heterocycles. The third-order valence-electron chi connectivity index (χ3n) is 3.57. The molecule has 0 bridgehead atoms. The van der Waals surface area contributed by atoms with Crippen molar-refractivity contribution in [2.24, 2.45) is 5.92 Å². The topological polar surface area (TPSA) is 89.7 Å². The van der Waals surface area contributed by atoms with Crippen LogP contribution in [0.3, 0.4) is 0 Å². The van der Waals surface area contributed by atoms with Crippen molar-refractivity contribution >= 4 is 16.0 Å². The van der Waals surface area contributed by atoms with Crippen LogP contribution in [0.4, 0.5) is 0 Å². The van der Waals surface area contributed by atoms with Gasteiger partial charge in [-0.1, -0.05) is 5.16 Å². The van der Waals surface area contributed by atoms with Crippen molar-refractivity contribution in [3.8, 4) is 0 Å². The van der Waals surface area contributed by atoms with Crippen LogP contribution in [0.5, 0.6) is 0 Å². The first-order chi connectivity index (χ1) is 9.87. The minimum Gasteiger partial charge on any atom is -0.466 e. The molecule has 0 saturated carbocycles. The van der Waals surface area contributed by atoms with Crippen LogP contribution in [0.25, 0.3) is 0 Å². The highest BCUT2D eigenvalue weighted by Gasteiger charge is 2.36. The Morgan fingerprint density at radius 1 is 1.48 bits per heavy atom. The number of carbonyl (C=O) groups excluding carboxylic acids is 1. The van der Waals surface area contributed by atoms with Gasteiger partial charge in [-0.25, -0.2) is 8.42 Å². The number of carbonyl (C=O) groups is 1. The number of aromatic nitrogens is 1. The van der Waals surface area contributed by atoms with E-state index < -0.39 is 15.9 Å². The van der Waals surface area contributed by atoms with Gasteiger partial charge >= 0.3 is 5.97 Å². The second-order valence-electron chi connectivity index (χ2n) is 5.11. The van der Waals surface area contributed by atoms with E-state index in [0.717, 1.165) is 0 Å². The molecule has 0 radical (unpaired) electrons. The third kappa shape index (κ3) is 3.11. The lowest BCUT2D eigenvalue weighted by molar-refractivity contribution is -0.149. The maximum absolute atomic E-state index is 12.7. The molecule has 0 spiro atoms. The first-order valence-electron chi connectivity index (χ1n) is 6.97. The summed E-state index contributed by atoms with van der Waals surface area (Å²) in [6.07, 6.45) is 1.28. The molecule has 1 fully saturated rings. The van der Waals surface area contributed by atoms with E-state index in [9.17, 15) is 13.2 Å². The van der Waals surface area contributed by atoms with Gasteiger partial charge in [-0.2, -0.15) is 4.31 Å². The molecule has 1 aliphatic heterocycles. The van der Waals surface area contributed by atoms with Gasteiger partial charge in [0, 0.05) is 13.1 Å². The molecular weight excluding hydrogens is 296 g/mol. The van der Waals surface area contributed by atoms with Crippen LogP contribution < -0.4 is 0 Å². The standard InChI is InChI=1S/C13H20N2O5S/c1-4-19-13(16)11-6-5-7-15(8-11)21(17,18)12-9(2)14-20-10(12)3/h11H,4-8H2,1-3H3/t11-/m1/s1. The summed E-state index contributed by atoms with van der Waals surface area (Å²) in [7, 11) is -3.69.